The number of hydrogen-bond acceptors (Lipinski definition) is 2. The highest BCUT2D eigenvalue weighted by molar-refractivity contribution is 6.30. The second-order valence-corrected chi connectivity index (χ2v) is 4.13. The number of rotatable bonds is 3. The lowest BCUT2D eigenvalue weighted by atomic mass is 10.2. The Morgan fingerprint density at radius 1 is 1.13 bits per heavy atom. The van der Waals surface area contributed by atoms with Crippen LogP contribution >= 0.6 is 11.6 Å². The van der Waals surface area contributed by atoms with Gasteiger partial charge in [0.25, 0.3) is 0 Å². The summed E-state index contributed by atoms with van der Waals surface area (Å²) in [6.45, 7) is 2.65. The SMILES string of the molecule is Clc1ccc(CON2CC[CH]CC2)cc1. The van der Waals surface area contributed by atoms with Crippen molar-refractivity contribution in [1.82, 2.24) is 5.06 Å². The van der Waals surface area contributed by atoms with Crippen molar-refractivity contribution >= 4 is 11.6 Å². The first-order valence-corrected chi connectivity index (χ1v) is 5.66. The maximum Gasteiger partial charge on any atom is 0.0935 e. The molecule has 1 aromatic rings. The van der Waals surface area contributed by atoms with E-state index < -0.39 is 0 Å². The molecule has 0 amide bonds. The third-order valence-corrected chi connectivity index (χ3v) is 2.74. The first kappa shape index (κ1) is 10.9. The average Bonchev–Trinajstić information content (AvgIpc) is 2.30. The molecule has 0 unspecified atom stereocenters. The van der Waals surface area contributed by atoms with Crippen molar-refractivity contribution < 1.29 is 4.84 Å². The van der Waals surface area contributed by atoms with E-state index >= 15 is 0 Å². The van der Waals surface area contributed by atoms with Gasteiger partial charge in [-0.15, -0.1) is 0 Å². The predicted molar refractivity (Wildman–Crippen MR) is 61.3 cm³/mol. The third-order valence-electron chi connectivity index (χ3n) is 2.49. The smallest absolute Gasteiger partial charge is 0.0935 e. The number of piperidine rings is 1. The molecule has 0 N–H and O–H groups in total. The minimum Gasteiger partial charge on any atom is -0.294 e. The van der Waals surface area contributed by atoms with Gasteiger partial charge in [0.2, 0.25) is 0 Å². The lowest BCUT2D eigenvalue weighted by Gasteiger charge is -2.25. The zero-order chi connectivity index (χ0) is 10.5. The summed E-state index contributed by atoms with van der Waals surface area (Å²) in [5, 5.41) is 2.81. The molecular weight excluding hydrogens is 210 g/mol. The van der Waals surface area contributed by atoms with Crippen LogP contribution in [0.15, 0.2) is 24.3 Å². The molecule has 1 radical (unpaired) electrons. The van der Waals surface area contributed by atoms with Crippen molar-refractivity contribution in [2.75, 3.05) is 13.1 Å². The molecule has 0 atom stereocenters. The molecule has 81 valence electrons. The van der Waals surface area contributed by atoms with Crippen LogP contribution < -0.4 is 0 Å². The van der Waals surface area contributed by atoms with Crippen LogP contribution in [-0.2, 0) is 11.4 Å². The van der Waals surface area contributed by atoms with Crippen molar-refractivity contribution in [3.05, 3.63) is 41.3 Å². The van der Waals surface area contributed by atoms with Crippen molar-refractivity contribution in [1.29, 1.82) is 0 Å². The van der Waals surface area contributed by atoms with E-state index in [9.17, 15) is 0 Å². The fourth-order valence-corrected chi connectivity index (χ4v) is 1.73. The van der Waals surface area contributed by atoms with Crippen LogP contribution in [0.2, 0.25) is 5.02 Å². The van der Waals surface area contributed by atoms with E-state index in [1.807, 2.05) is 29.3 Å². The Kier molecular flexibility index (Phi) is 4.01. The first-order valence-electron chi connectivity index (χ1n) is 5.28. The second-order valence-electron chi connectivity index (χ2n) is 3.69. The Labute approximate surface area is 95.7 Å². The van der Waals surface area contributed by atoms with Gasteiger partial charge in [-0.3, -0.25) is 4.84 Å². The molecule has 3 heteroatoms. The van der Waals surface area contributed by atoms with E-state index in [-0.39, 0.29) is 0 Å². The molecule has 0 spiro atoms. The maximum absolute atomic E-state index is 5.81. The van der Waals surface area contributed by atoms with Crippen LogP contribution in [0.5, 0.6) is 0 Å². The van der Waals surface area contributed by atoms with E-state index in [1.54, 1.807) is 0 Å². The molecule has 0 aliphatic carbocycles. The fourth-order valence-electron chi connectivity index (χ4n) is 1.60. The summed E-state index contributed by atoms with van der Waals surface area (Å²) in [4.78, 5) is 5.68. The first-order chi connectivity index (χ1) is 7.34. The Morgan fingerprint density at radius 2 is 1.80 bits per heavy atom. The van der Waals surface area contributed by atoms with Gasteiger partial charge >= 0.3 is 0 Å². The number of benzene rings is 1. The van der Waals surface area contributed by atoms with Crippen LogP contribution in [0.4, 0.5) is 0 Å². The van der Waals surface area contributed by atoms with Gasteiger partial charge < -0.3 is 0 Å². The Balaban J connectivity index is 1.79. The van der Waals surface area contributed by atoms with Crippen molar-refractivity contribution in [3.8, 4) is 0 Å². The van der Waals surface area contributed by atoms with Gasteiger partial charge in [-0.05, 0) is 37.0 Å². The lowest BCUT2D eigenvalue weighted by Crippen LogP contribution is -2.29. The van der Waals surface area contributed by atoms with Crippen LogP contribution in [0.25, 0.3) is 0 Å². The zero-order valence-electron chi connectivity index (χ0n) is 8.66. The monoisotopic (exact) mass is 224 g/mol. The van der Waals surface area contributed by atoms with Gasteiger partial charge in [0.1, 0.15) is 0 Å². The Hall–Kier alpha value is -0.570. The summed E-state index contributed by atoms with van der Waals surface area (Å²) in [6.07, 6.45) is 4.56. The molecule has 15 heavy (non-hydrogen) atoms. The topological polar surface area (TPSA) is 12.5 Å². The van der Waals surface area contributed by atoms with Crippen LogP contribution in [0, 0.1) is 6.42 Å². The summed E-state index contributed by atoms with van der Waals surface area (Å²) in [5.41, 5.74) is 1.16. The molecule has 1 aliphatic heterocycles. The Bertz CT molecular complexity index is 293. The van der Waals surface area contributed by atoms with Crippen LogP contribution in [0.3, 0.4) is 0 Å². The van der Waals surface area contributed by atoms with Gasteiger partial charge in [-0.1, -0.05) is 23.7 Å². The summed E-state index contributed by atoms with van der Waals surface area (Å²) in [5.74, 6) is 0. The molecule has 2 rings (SSSR count). The average molecular weight is 225 g/mol. The van der Waals surface area contributed by atoms with Crippen LogP contribution in [-0.4, -0.2) is 18.2 Å². The highest BCUT2D eigenvalue weighted by Crippen LogP contribution is 2.13. The highest BCUT2D eigenvalue weighted by Gasteiger charge is 2.10. The summed E-state index contributed by atoms with van der Waals surface area (Å²) in [6, 6.07) is 7.78. The number of hydroxylamine groups is 2. The van der Waals surface area contributed by atoms with E-state index in [4.69, 9.17) is 16.4 Å². The fraction of sp³-hybridized carbons (Fsp3) is 0.417. The molecule has 2 nitrogen and oxygen atoms in total. The van der Waals surface area contributed by atoms with Crippen molar-refractivity contribution in [2.24, 2.45) is 0 Å². The predicted octanol–water partition coefficient (Wildman–Crippen LogP) is 3.07. The lowest BCUT2D eigenvalue weighted by molar-refractivity contribution is -0.174. The summed E-state index contributed by atoms with van der Waals surface area (Å²) >= 11 is 5.81. The molecule has 0 saturated carbocycles. The van der Waals surface area contributed by atoms with Crippen molar-refractivity contribution in [2.45, 2.75) is 19.4 Å². The van der Waals surface area contributed by atoms with Crippen LogP contribution in [0.1, 0.15) is 18.4 Å². The van der Waals surface area contributed by atoms with E-state index in [0.29, 0.717) is 6.61 Å². The van der Waals surface area contributed by atoms with Crippen molar-refractivity contribution in [3.63, 3.8) is 0 Å². The quantitative estimate of drug-likeness (QED) is 0.783. The molecule has 1 aromatic carbocycles. The molecular formula is C12H15ClNO. The second kappa shape index (κ2) is 5.50. The van der Waals surface area contributed by atoms with Gasteiger partial charge in [0.05, 0.1) is 6.61 Å². The molecule has 1 heterocycles. The van der Waals surface area contributed by atoms with Gasteiger partial charge in [0, 0.05) is 18.1 Å². The van der Waals surface area contributed by atoms with E-state index in [2.05, 4.69) is 6.42 Å². The highest BCUT2D eigenvalue weighted by atomic mass is 35.5. The van der Waals surface area contributed by atoms with E-state index in [1.165, 1.54) is 0 Å². The molecule has 0 bridgehead atoms. The molecule has 1 aliphatic rings. The molecule has 1 fully saturated rings. The maximum atomic E-state index is 5.81. The summed E-state index contributed by atoms with van der Waals surface area (Å²) < 4.78 is 0. The minimum atomic E-state index is 0.636. The third kappa shape index (κ3) is 3.49. The number of hydrogen-bond donors (Lipinski definition) is 0. The standard InChI is InChI=1S/C12H15ClNO/c13-12-6-4-11(5-7-12)10-15-14-8-2-1-3-9-14/h1,4-7H,2-3,8-10H2. The zero-order valence-corrected chi connectivity index (χ0v) is 9.41. The van der Waals surface area contributed by atoms with Gasteiger partial charge in [0.15, 0.2) is 0 Å². The molecule has 1 saturated heterocycles. The largest absolute Gasteiger partial charge is 0.294 e. The Morgan fingerprint density at radius 3 is 2.47 bits per heavy atom. The van der Waals surface area contributed by atoms with E-state index in [0.717, 1.165) is 36.5 Å². The molecule has 0 aromatic heterocycles. The van der Waals surface area contributed by atoms with Gasteiger partial charge in [-0.25, -0.2) is 0 Å². The number of halogens is 1. The summed E-state index contributed by atoms with van der Waals surface area (Å²) in [7, 11) is 0. The number of nitrogens with zero attached hydrogens (tertiary/aromatic N) is 1. The van der Waals surface area contributed by atoms with Gasteiger partial charge in [-0.2, -0.15) is 5.06 Å². The minimum absolute atomic E-state index is 0.636. The normalized spacial score (nSPS) is 17.9.